The number of allylic oxidation sites excluding steroid dienone is 12. The van der Waals surface area contributed by atoms with E-state index < -0.39 is 81.8 Å². The standard InChI is InChI=1S/C68H56F18N4O4/c1-18-27-35-36-28(18)52-50-41-34(54-56(52)60(54,13-5-7-26(92)94-3)58-89-16-20(17-90-58)62(71,72)64(75,76)66(79,80)68(84,85)86)24-11-9-22-21-8-10-23-31-29(21)37-30(22)32(24)39(41)46-44(37)45-38(31)40-33(23)53-55(51(27)49(40)42(35)47(45)48(46)43(36)50)59(53,12-4-6-25(91)93-2)57-87-14-19(15-88-57)61(69,70)63(73,74)65(77,78)67(81,82)83/h14-18,21-23,27,29-33,35,37-41,44-46,48-51H,4-13H2,1-3H3. The van der Waals surface area contributed by atoms with Gasteiger partial charge in [-0.15, -0.1) is 0 Å². The molecule has 8 nitrogen and oxygen atoms in total. The maximum absolute atomic E-state index is 15.9. The third kappa shape index (κ3) is 5.68. The van der Waals surface area contributed by atoms with Crippen LogP contribution in [0.2, 0.25) is 0 Å². The van der Waals surface area contributed by atoms with Crippen LogP contribution in [0.1, 0.15) is 93.9 Å². The molecule has 25 unspecified atom stereocenters. The zero-order valence-corrected chi connectivity index (χ0v) is 49.9. The number of hydrogen-bond donors (Lipinski definition) is 0. The van der Waals surface area contributed by atoms with E-state index in [9.17, 15) is 53.5 Å². The number of hydrogen-bond acceptors (Lipinski definition) is 8. The normalized spacial score (nSPS) is 43.7. The first-order chi connectivity index (χ1) is 44.2. The summed E-state index contributed by atoms with van der Waals surface area (Å²) in [5.41, 5.74) is 7.20. The van der Waals surface area contributed by atoms with Crippen molar-refractivity contribution in [2.45, 2.75) is 130 Å². The van der Waals surface area contributed by atoms with E-state index in [1.807, 2.05) is 0 Å². The fourth-order valence-corrected chi connectivity index (χ4v) is 27.7. The highest BCUT2D eigenvalue weighted by Gasteiger charge is 2.90. The number of rotatable bonds is 16. The number of fused-ring (bicyclic) bond motifs is 7. The lowest BCUT2D eigenvalue weighted by Gasteiger charge is -2.60. The van der Waals surface area contributed by atoms with E-state index >= 15 is 35.1 Å². The second kappa shape index (κ2) is 16.7. The zero-order chi connectivity index (χ0) is 65.8. The van der Waals surface area contributed by atoms with Crippen LogP contribution in [0, 0.1) is 136 Å². The first-order valence-corrected chi connectivity index (χ1v) is 32.9. The monoisotopic (exact) mass is 1330 g/mol. The Kier molecular flexibility index (Phi) is 10.4. The van der Waals surface area contributed by atoms with Crippen molar-refractivity contribution < 1.29 is 98.1 Å². The van der Waals surface area contributed by atoms with Gasteiger partial charge >= 0.3 is 59.8 Å². The predicted octanol–water partition coefficient (Wildman–Crippen LogP) is 14.8. The Morgan fingerprint density at radius 2 is 0.936 bits per heavy atom. The average Bonchev–Trinajstić information content (AvgIpc) is 1.42. The lowest BCUT2D eigenvalue weighted by molar-refractivity contribution is -0.399. The van der Waals surface area contributed by atoms with Crippen molar-refractivity contribution in [2.24, 2.45) is 136 Å². The molecular formula is C68H56F18N4O4. The topological polar surface area (TPSA) is 104 Å². The van der Waals surface area contributed by atoms with Crippen LogP contribution in [0.3, 0.4) is 0 Å². The minimum absolute atomic E-state index is 0.0281. The molecule has 0 spiro atoms. The van der Waals surface area contributed by atoms with E-state index in [4.69, 9.17) is 9.47 Å². The lowest BCUT2D eigenvalue weighted by atomic mass is 9.43. The fourth-order valence-electron chi connectivity index (χ4n) is 27.7. The molecule has 10 fully saturated rings. The van der Waals surface area contributed by atoms with Crippen molar-refractivity contribution in [3.8, 4) is 0 Å². The molecule has 26 heteroatoms. The molecule has 20 rings (SSSR count). The highest BCUT2D eigenvalue weighted by Crippen LogP contribution is 2.94. The number of ether oxygens (including phenoxy) is 2. The maximum atomic E-state index is 15.9. The number of halogens is 18. The van der Waals surface area contributed by atoms with Gasteiger partial charge < -0.3 is 9.47 Å². The molecule has 0 aliphatic heterocycles. The summed E-state index contributed by atoms with van der Waals surface area (Å²) in [6, 6.07) is 0. The van der Waals surface area contributed by atoms with Crippen molar-refractivity contribution in [1.82, 2.24) is 19.9 Å². The zero-order valence-electron chi connectivity index (χ0n) is 49.9. The summed E-state index contributed by atoms with van der Waals surface area (Å²) < 4.78 is 273. The van der Waals surface area contributed by atoms with Crippen molar-refractivity contribution in [3.63, 3.8) is 0 Å². The molecule has 18 aliphatic rings. The summed E-state index contributed by atoms with van der Waals surface area (Å²) in [4.78, 5) is 43.6. The summed E-state index contributed by atoms with van der Waals surface area (Å²) >= 11 is 0. The lowest BCUT2D eigenvalue weighted by Crippen LogP contribution is -2.59. The van der Waals surface area contributed by atoms with Crippen LogP contribution in [0.15, 0.2) is 91.7 Å². The van der Waals surface area contributed by atoms with Crippen LogP contribution in [0.5, 0.6) is 0 Å². The van der Waals surface area contributed by atoms with Gasteiger partial charge in [-0.3, -0.25) is 9.59 Å². The third-order valence-corrected chi connectivity index (χ3v) is 29.3. The Morgan fingerprint density at radius 1 is 0.447 bits per heavy atom. The highest BCUT2D eigenvalue weighted by atomic mass is 19.4. The van der Waals surface area contributed by atoms with Crippen molar-refractivity contribution in [2.75, 3.05) is 14.2 Å². The number of nitrogens with zero attached hydrogens (tertiary/aromatic N) is 4. The van der Waals surface area contributed by atoms with Crippen LogP contribution in [-0.2, 0) is 41.7 Å². The van der Waals surface area contributed by atoms with Gasteiger partial charge in [0, 0.05) is 55.4 Å². The summed E-state index contributed by atoms with van der Waals surface area (Å²) in [5.74, 6) is -39.6. The molecule has 0 saturated heterocycles. The second-order valence-corrected chi connectivity index (χ2v) is 31.1. The quantitative estimate of drug-likeness (QED) is 0.0930. The Bertz CT molecular complexity index is 4160. The van der Waals surface area contributed by atoms with Gasteiger partial charge in [0.15, 0.2) is 0 Å². The summed E-state index contributed by atoms with van der Waals surface area (Å²) in [5, 5.41) is 0. The summed E-state index contributed by atoms with van der Waals surface area (Å²) in [6.07, 6.45) is -9.65. The molecule has 10 saturated carbocycles. The van der Waals surface area contributed by atoms with E-state index in [-0.39, 0.29) is 176 Å². The van der Waals surface area contributed by atoms with Crippen LogP contribution in [0.4, 0.5) is 79.0 Å². The number of methoxy groups -OCH3 is 2. The smallest absolute Gasteiger partial charge is 0.460 e. The molecule has 498 valence electrons. The number of carbonyl (C=O) groups excluding carboxylic acids is 2. The molecule has 25 atom stereocenters. The van der Waals surface area contributed by atoms with Crippen LogP contribution in [-0.4, -0.2) is 82.1 Å². The second-order valence-electron chi connectivity index (χ2n) is 31.1. The maximum Gasteiger partial charge on any atom is 0.460 e. The molecule has 94 heavy (non-hydrogen) atoms. The van der Waals surface area contributed by atoms with E-state index in [0.29, 0.717) is 35.5 Å². The Morgan fingerprint density at radius 3 is 1.51 bits per heavy atom. The number of aromatic nitrogens is 4. The number of alkyl halides is 18. The van der Waals surface area contributed by atoms with Gasteiger partial charge in [-0.2, -0.15) is 79.0 Å². The Labute approximate surface area is 523 Å². The summed E-state index contributed by atoms with van der Waals surface area (Å²) in [7, 11) is 2.43. The first kappa shape index (κ1) is 58.4. The first-order valence-electron chi connectivity index (χ1n) is 32.9. The van der Waals surface area contributed by atoms with Gasteiger partial charge in [0.25, 0.3) is 0 Å². The molecule has 0 N–H and O–H groups in total. The molecule has 2 heterocycles. The highest BCUT2D eigenvalue weighted by molar-refractivity contribution is 5.87. The predicted molar refractivity (Wildman–Crippen MR) is 285 cm³/mol. The van der Waals surface area contributed by atoms with Gasteiger partial charge in [-0.05, 0) is 214 Å². The number of carbonyl (C=O) groups is 2. The SMILES string of the molecule is COC(=O)CCCC1(c2ncc(C(F)(F)C(F)(F)C(F)(F)C(F)(F)F)cn2)C2=C1C1=C3CCC4C5CCC6C7C8=C(C9C%10C%11=C%12C%13C%14=C%15C(=C2C%14C1C1C3C4C2C5C6C(C%12C2C%131)C7%10)C(C)C9C%15%11)C8(CCCC(=O)OC)c1ncc(C(F)(F)C(F)(F)C(F)(F)C(F)(F)F)cn1. The molecule has 18 aliphatic carbocycles. The van der Waals surface area contributed by atoms with Gasteiger partial charge in [-0.25, -0.2) is 19.9 Å². The van der Waals surface area contributed by atoms with Crippen molar-refractivity contribution in [3.05, 3.63) is 114 Å². The van der Waals surface area contributed by atoms with Gasteiger partial charge in [-0.1, -0.05) is 29.2 Å². The molecule has 2 aromatic rings. The molecule has 0 aromatic carbocycles. The van der Waals surface area contributed by atoms with Crippen LogP contribution >= 0.6 is 0 Å². The van der Waals surface area contributed by atoms with E-state index in [2.05, 4.69) is 26.9 Å². The number of esters is 2. The van der Waals surface area contributed by atoms with Crippen molar-refractivity contribution in [1.29, 1.82) is 0 Å². The van der Waals surface area contributed by atoms with E-state index in [1.54, 1.807) is 5.57 Å². The molecular weight excluding hydrogens is 1280 g/mol. The Hall–Kier alpha value is -5.72. The fraction of sp³-hybridized carbons (Fsp3) is 0.676. The molecule has 0 radical (unpaired) electrons. The average molecular weight is 1340 g/mol. The largest absolute Gasteiger partial charge is 0.469 e. The molecule has 0 bridgehead atoms. The van der Waals surface area contributed by atoms with Gasteiger partial charge in [0.2, 0.25) is 0 Å². The Balaban J connectivity index is 0.798. The van der Waals surface area contributed by atoms with Gasteiger partial charge in [0.05, 0.1) is 36.2 Å². The summed E-state index contributed by atoms with van der Waals surface area (Å²) in [6.45, 7) is 2.17. The molecule has 0 amide bonds. The van der Waals surface area contributed by atoms with Crippen LogP contribution in [0.25, 0.3) is 0 Å². The van der Waals surface area contributed by atoms with Crippen LogP contribution < -0.4 is 0 Å². The van der Waals surface area contributed by atoms with E-state index in [0.717, 1.165) is 59.1 Å². The van der Waals surface area contributed by atoms with E-state index in [1.165, 1.54) is 42.1 Å². The minimum atomic E-state index is -7.18. The molecule has 2 aromatic heterocycles. The minimum Gasteiger partial charge on any atom is -0.469 e. The van der Waals surface area contributed by atoms with Gasteiger partial charge in [0.1, 0.15) is 11.6 Å². The van der Waals surface area contributed by atoms with Crippen molar-refractivity contribution >= 4 is 11.9 Å². The third-order valence-electron chi connectivity index (χ3n) is 29.3.